The molecule has 0 atom stereocenters. The van der Waals surface area contributed by atoms with Crippen LogP contribution in [0.25, 0.3) is 21.8 Å². The van der Waals surface area contributed by atoms with Gasteiger partial charge in [0, 0.05) is 22.9 Å². The number of pyridine rings is 1. The average Bonchev–Trinajstić information content (AvgIpc) is 2.62. The minimum atomic E-state index is -0.430. The molecule has 1 heterocycles. The third-order valence-corrected chi connectivity index (χ3v) is 3.81. The molecule has 0 saturated carbocycles. The number of hydrogen-bond acceptors (Lipinski definition) is 4. The number of fused-ring (bicyclic) bond motifs is 2. The summed E-state index contributed by atoms with van der Waals surface area (Å²) in [4.78, 5) is 15.0. The predicted molar refractivity (Wildman–Crippen MR) is 92.4 cm³/mol. The molecule has 0 aliphatic rings. The highest BCUT2D eigenvalue weighted by molar-refractivity contribution is 6.01. The van der Waals surface area contributed by atoms with Crippen LogP contribution in [0.2, 0.25) is 0 Å². The summed E-state index contributed by atoms with van der Waals surface area (Å²) in [6.45, 7) is 0. The zero-order valence-corrected chi connectivity index (χ0v) is 12.5. The molecule has 116 valence electrons. The van der Waals surface area contributed by atoms with E-state index in [2.05, 4.69) is 4.98 Å². The Labute approximate surface area is 137 Å². The van der Waals surface area contributed by atoms with Crippen LogP contribution in [-0.4, -0.2) is 9.91 Å². The van der Waals surface area contributed by atoms with Gasteiger partial charge in [-0.3, -0.25) is 10.1 Å². The van der Waals surface area contributed by atoms with Crippen LogP contribution in [0, 0.1) is 10.1 Å². The number of benzene rings is 3. The Balaban J connectivity index is 1.88. The van der Waals surface area contributed by atoms with E-state index < -0.39 is 4.92 Å². The normalized spacial score (nSPS) is 10.8. The van der Waals surface area contributed by atoms with Gasteiger partial charge in [0.25, 0.3) is 5.69 Å². The smallest absolute Gasteiger partial charge is 0.269 e. The molecule has 0 fully saturated rings. The number of nitro benzene ring substituents is 1. The zero-order chi connectivity index (χ0) is 16.5. The summed E-state index contributed by atoms with van der Waals surface area (Å²) < 4.78 is 6.08. The van der Waals surface area contributed by atoms with Crippen molar-refractivity contribution in [3.05, 3.63) is 82.9 Å². The van der Waals surface area contributed by atoms with E-state index in [1.165, 1.54) is 12.1 Å². The lowest BCUT2D eigenvalue weighted by Gasteiger charge is -2.12. The summed E-state index contributed by atoms with van der Waals surface area (Å²) in [5.41, 5.74) is 1.72. The van der Waals surface area contributed by atoms with Gasteiger partial charge >= 0.3 is 0 Å². The van der Waals surface area contributed by atoms with Gasteiger partial charge in [0.05, 0.1) is 16.0 Å². The SMILES string of the molecule is O=[N+]([O-])c1ccc(Oc2c3ccccc3nc3ccccc23)cc1. The van der Waals surface area contributed by atoms with Crippen LogP contribution in [0.3, 0.4) is 0 Å². The van der Waals surface area contributed by atoms with Crippen molar-refractivity contribution < 1.29 is 9.66 Å². The van der Waals surface area contributed by atoms with Gasteiger partial charge in [0.2, 0.25) is 0 Å². The Morgan fingerprint density at radius 1 is 0.792 bits per heavy atom. The average molecular weight is 316 g/mol. The first-order chi connectivity index (χ1) is 11.7. The van der Waals surface area contributed by atoms with Gasteiger partial charge < -0.3 is 4.74 Å². The topological polar surface area (TPSA) is 65.3 Å². The molecule has 0 saturated heterocycles. The van der Waals surface area contributed by atoms with Crippen LogP contribution < -0.4 is 4.74 Å². The monoisotopic (exact) mass is 316 g/mol. The summed E-state index contributed by atoms with van der Waals surface area (Å²) in [6, 6.07) is 21.6. The zero-order valence-electron chi connectivity index (χ0n) is 12.5. The Morgan fingerprint density at radius 2 is 1.33 bits per heavy atom. The summed E-state index contributed by atoms with van der Waals surface area (Å²) in [5, 5.41) is 12.6. The van der Waals surface area contributed by atoms with Gasteiger partial charge in [-0.25, -0.2) is 4.98 Å². The number of para-hydroxylation sites is 2. The van der Waals surface area contributed by atoms with Gasteiger partial charge in [-0.1, -0.05) is 24.3 Å². The molecule has 4 rings (SSSR count). The van der Waals surface area contributed by atoms with Gasteiger partial charge in [0.15, 0.2) is 0 Å². The van der Waals surface area contributed by atoms with Crippen LogP contribution in [0.5, 0.6) is 11.5 Å². The van der Waals surface area contributed by atoms with Crippen LogP contribution in [-0.2, 0) is 0 Å². The summed E-state index contributed by atoms with van der Waals surface area (Å²) in [7, 11) is 0. The Bertz CT molecular complexity index is 1010. The minimum absolute atomic E-state index is 0.0341. The number of nitro groups is 1. The molecule has 24 heavy (non-hydrogen) atoms. The van der Waals surface area contributed by atoms with Crippen molar-refractivity contribution in [2.75, 3.05) is 0 Å². The first-order valence-corrected chi connectivity index (χ1v) is 7.42. The highest BCUT2D eigenvalue weighted by Crippen LogP contribution is 2.36. The van der Waals surface area contributed by atoms with Gasteiger partial charge in [-0.05, 0) is 36.4 Å². The number of ether oxygens (including phenoxy) is 1. The predicted octanol–water partition coefficient (Wildman–Crippen LogP) is 5.09. The van der Waals surface area contributed by atoms with Gasteiger partial charge in [-0.2, -0.15) is 0 Å². The summed E-state index contributed by atoms with van der Waals surface area (Å²) in [6.07, 6.45) is 0. The van der Waals surface area contributed by atoms with E-state index in [-0.39, 0.29) is 5.69 Å². The maximum absolute atomic E-state index is 10.8. The molecule has 0 aliphatic carbocycles. The molecule has 1 aromatic heterocycles. The molecule has 5 heteroatoms. The van der Waals surface area contributed by atoms with Crippen LogP contribution in [0.4, 0.5) is 5.69 Å². The number of non-ortho nitro benzene ring substituents is 1. The maximum Gasteiger partial charge on any atom is 0.269 e. The van der Waals surface area contributed by atoms with Crippen LogP contribution >= 0.6 is 0 Å². The van der Waals surface area contributed by atoms with E-state index in [1.807, 2.05) is 48.5 Å². The van der Waals surface area contributed by atoms with E-state index >= 15 is 0 Å². The van der Waals surface area contributed by atoms with Crippen molar-refractivity contribution in [3.8, 4) is 11.5 Å². The van der Waals surface area contributed by atoms with Gasteiger partial charge in [0.1, 0.15) is 11.5 Å². The fourth-order valence-electron chi connectivity index (χ4n) is 2.66. The second kappa shape index (κ2) is 5.62. The molecule has 0 unspecified atom stereocenters. The third kappa shape index (κ3) is 2.42. The summed E-state index contributed by atoms with van der Waals surface area (Å²) in [5.74, 6) is 1.24. The van der Waals surface area contributed by atoms with E-state index in [1.54, 1.807) is 12.1 Å². The van der Waals surface area contributed by atoms with Crippen molar-refractivity contribution in [1.82, 2.24) is 4.98 Å². The lowest BCUT2D eigenvalue weighted by Crippen LogP contribution is -1.92. The standard InChI is InChI=1S/C19H12N2O3/c22-21(23)13-9-11-14(12-10-13)24-19-15-5-1-3-7-17(15)20-18-8-4-2-6-16(18)19/h1-12H. The molecular formula is C19H12N2O3. The molecule has 0 aliphatic heterocycles. The van der Waals surface area contributed by atoms with Crippen molar-refractivity contribution in [3.63, 3.8) is 0 Å². The van der Waals surface area contributed by atoms with Crippen molar-refractivity contribution in [2.45, 2.75) is 0 Å². The molecule has 5 nitrogen and oxygen atoms in total. The van der Waals surface area contributed by atoms with Crippen molar-refractivity contribution in [2.24, 2.45) is 0 Å². The van der Waals surface area contributed by atoms with Crippen molar-refractivity contribution in [1.29, 1.82) is 0 Å². The Kier molecular flexibility index (Phi) is 3.31. The molecule has 3 aromatic carbocycles. The first kappa shape index (κ1) is 14.1. The highest BCUT2D eigenvalue weighted by Gasteiger charge is 2.12. The second-order valence-electron chi connectivity index (χ2n) is 5.33. The minimum Gasteiger partial charge on any atom is -0.456 e. The fourth-order valence-corrected chi connectivity index (χ4v) is 2.66. The molecule has 0 amide bonds. The number of aromatic nitrogens is 1. The van der Waals surface area contributed by atoms with Crippen LogP contribution in [0.1, 0.15) is 0 Å². The Morgan fingerprint density at radius 3 is 1.88 bits per heavy atom. The quantitative estimate of drug-likeness (QED) is 0.300. The van der Waals surface area contributed by atoms with E-state index in [0.717, 1.165) is 21.8 Å². The molecule has 0 radical (unpaired) electrons. The molecular weight excluding hydrogens is 304 g/mol. The lowest BCUT2D eigenvalue weighted by atomic mass is 10.1. The third-order valence-electron chi connectivity index (χ3n) is 3.81. The highest BCUT2D eigenvalue weighted by atomic mass is 16.6. The molecule has 0 spiro atoms. The lowest BCUT2D eigenvalue weighted by molar-refractivity contribution is -0.384. The van der Waals surface area contributed by atoms with Crippen LogP contribution in [0.15, 0.2) is 72.8 Å². The number of rotatable bonds is 3. The molecule has 0 N–H and O–H groups in total. The summed E-state index contributed by atoms with van der Waals surface area (Å²) >= 11 is 0. The second-order valence-corrected chi connectivity index (χ2v) is 5.33. The van der Waals surface area contributed by atoms with E-state index in [0.29, 0.717) is 11.5 Å². The first-order valence-electron chi connectivity index (χ1n) is 7.42. The van der Waals surface area contributed by atoms with E-state index in [4.69, 9.17) is 4.74 Å². The number of nitrogens with zero attached hydrogens (tertiary/aromatic N) is 2. The molecule has 0 bridgehead atoms. The van der Waals surface area contributed by atoms with Gasteiger partial charge in [-0.15, -0.1) is 0 Å². The largest absolute Gasteiger partial charge is 0.456 e. The van der Waals surface area contributed by atoms with Crippen molar-refractivity contribution >= 4 is 27.5 Å². The number of hydrogen-bond donors (Lipinski definition) is 0. The Hall–Kier alpha value is -3.47. The molecule has 4 aromatic rings. The van der Waals surface area contributed by atoms with E-state index in [9.17, 15) is 10.1 Å². The maximum atomic E-state index is 10.8. The fraction of sp³-hybridized carbons (Fsp3) is 0.